The molecule has 6 heteroatoms. The zero-order valence-corrected chi connectivity index (χ0v) is 19.6. The number of hydroxylamine groups is 1. The Morgan fingerprint density at radius 1 is 0.765 bits per heavy atom. The molecule has 0 bridgehead atoms. The fourth-order valence-corrected chi connectivity index (χ4v) is 4.92. The third-order valence-electron chi connectivity index (χ3n) is 5.35. The Morgan fingerprint density at radius 2 is 1.29 bits per heavy atom. The van der Waals surface area contributed by atoms with E-state index in [0.717, 1.165) is 5.56 Å². The Labute approximate surface area is 200 Å². The molecule has 34 heavy (non-hydrogen) atoms. The van der Waals surface area contributed by atoms with Crippen LogP contribution in [0.5, 0.6) is 0 Å². The lowest BCUT2D eigenvalue weighted by molar-refractivity contribution is 0.0357. The number of rotatable bonds is 8. The molecule has 0 aliphatic heterocycles. The Morgan fingerprint density at radius 3 is 1.88 bits per heavy atom. The average Bonchev–Trinajstić information content (AvgIpc) is 2.88. The number of carbonyl (C=O) groups is 1. The second-order valence-corrected chi connectivity index (χ2v) is 9.93. The van der Waals surface area contributed by atoms with Gasteiger partial charge in [0.05, 0.1) is 16.3 Å². The lowest BCUT2D eigenvalue weighted by atomic mass is 10.1. The Kier molecular flexibility index (Phi) is 7.21. The van der Waals surface area contributed by atoms with E-state index in [1.807, 2.05) is 43.3 Å². The number of sulfone groups is 1. The number of carbonyl (C=O) groups excluding carboxylic acids is 1. The van der Waals surface area contributed by atoms with Gasteiger partial charge in [-0.25, -0.2) is 8.42 Å². The maximum atomic E-state index is 13.5. The highest BCUT2D eigenvalue weighted by atomic mass is 32.2. The maximum absolute atomic E-state index is 13.5. The summed E-state index contributed by atoms with van der Waals surface area (Å²) in [6.45, 7) is 1.95. The van der Waals surface area contributed by atoms with E-state index in [4.69, 9.17) is 4.84 Å². The number of anilines is 1. The predicted octanol–water partition coefficient (Wildman–Crippen LogP) is 5.79. The van der Waals surface area contributed by atoms with E-state index in [-0.39, 0.29) is 16.6 Å². The molecule has 0 aromatic heterocycles. The summed E-state index contributed by atoms with van der Waals surface area (Å²) in [5, 5.41) is 1.18. The van der Waals surface area contributed by atoms with Gasteiger partial charge in [0.1, 0.15) is 6.10 Å². The van der Waals surface area contributed by atoms with E-state index in [0.29, 0.717) is 16.8 Å². The van der Waals surface area contributed by atoms with Crippen LogP contribution in [-0.4, -0.2) is 20.1 Å². The number of hydrogen-bond acceptors (Lipinski definition) is 4. The number of benzene rings is 4. The molecule has 5 nitrogen and oxygen atoms in total. The summed E-state index contributed by atoms with van der Waals surface area (Å²) in [4.78, 5) is 19.9. The second kappa shape index (κ2) is 10.5. The van der Waals surface area contributed by atoms with Crippen molar-refractivity contribution in [3.8, 4) is 0 Å². The minimum Gasteiger partial charge on any atom is -0.266 e. The summed E-state index contributed by atoms with van der Waals surface area (Å²) in [6.07, 6.45) is -0.918. The first kappa shape index (κ1) is 23.4. The molecule has 0 fully saturated rings. The van der Waals surface area contributed by atoms with Gasteiger partial charge in [-0.05, 0) is 48.9 Å². The smallest absolute Gasteiger partial charge is 0.266 e. The summed E-state index contributed by atoms with van der Waals surface area (Å²) in [6, 6.07) is 33.4. The van der Waals surface area contributed by atoms with Crippen LogP contribution in [0.3, 0.4) is 0 Å². The number of hydrogen-bond donors (Lipinski definition) is 0. The molecule has 0 saturated carbocycles. The lowest BCUT2D eigenvalue weighted by Crippen LogP contribution is -2.34. The zero-order valence-electron chi connectivity index (χ0n) is 18.7. The summed E-state index contributed by atoms with van der Waals surface area (Å²) in [5.41, 5.74) is 2.63. The van der Waals surface area contributed by atoms with Gasteiger partial charge < -0.3 is 0 Å². The van der Waals surface area contributed by atoms with Crippen molar-refractivity contribution in [2.24, 2.45) is 0 Å². The van der Waals surface area contributed by atoms with Crippen molar-refractivity contribution in [2.45, 2.75) is 17.9 Å². The normalized spacial score (nSPS) is 12.1. The number of para-hydroxylation sites is 1. The largest absolute Gasteiger partial charge is 0.282 e. The third kappa shape index (κ3) is 5.60. The average molecular weight is 472 g/mol. The molecule has 4 aromatic carbocycles. The van der Waals surface area contributed by atoms with Crippen LogP contribution < -0.4 is 5.06 Å². The lowest BCUT2D eigenvalue weighted by Gasteiger charge is -2.28. The molecule has 0 saturated heterocycles. The van der Waals surface area contributed by atoms with Crippen LogP contribution in [-0.2, 0) is 14.7 Å². The van der Waals surface area contributed by atoms with Crippen LogP contribution in [0.15, 0.2) is 120 Å². The van der Waals surface area contributed by atoms with Crippen molar-refractivity contribution in [1.29, 1.82) is 0 Å². The molecule has 1 atom stereocenters. The van der Waals surface area contributed by atoms with Crippen LogP contribution in [0.25, 0.3) is 0 Å². The van der Waals surface area contributed by atoms with Crippen LogP contribution in [0.1, 0.15) is 27.6 Å². The van der Waals surface area contributed by atoms with Crippen molar-refractivity contribution in [3.63, 3.8) is 0 Å². The number of aryl methyl sites for hydroxylation is 1. The first-order valence-electron chi connectivity index (χ1n) is 10.9. The fraction of sp³-hybridized carbons (Fsp3) is 0.107. The molecule has 4 aromatic rings. The first-order chi connectivity index (χ1) is 16.4. The van der Waals surface area contributed by atoms with Gasteiger partial charge in [-0.15, -0.1) is 0 Å². The van der Waals surface area contributed by atoms with E-state index < -0.39 is 15.9 Å². The van der Waals surface area contributed by atoms with Gasteiger partial charge in [-0.2, -0.15) is 5.06 Å². The minimum atomic E-state index is -3.70. The van der Waals surface area contributed by atoms with Crippen molar-refractivity contribution in [2.75, 3.05) is 10.8 Å². The summed E-state index contributed by atoms with van der Waals surface area (Å²) in [5.74, 6) is -0.716. The van der Waals surface area contributed by atoms with Crippen molar-refractivity contribution in [1.82, 2.24) is 0 Å². The zero-order chi connectivity index (χ0) is 24.0. The third-order valence-corrected chi connectivity index (χ3v) is 7.08. The molecular weight excluding hydrogens is 446 g/mol. The van der Waals surface area contributed by atoms with Gasteiger partial charge in [0, 0.05) is 5.56 Å². The molecule has 172 valence electrons. The van der Waals surface area contributed by atoms with Gasteiger partial charge in [0.25, 0.3) is 5.91 Å². The van der Waals surface area contributed by atoms with Crippen molar-refractivity contribution >= 4 is 21.4 Å². The molecule has 0 radical (unpaired) electrons. The maximum Gasteiger partial charge on any atom is 0.282 e. The van der Waals surface area contributed by atoms with E-state index >= 15 is 0 Å². The summed E-state index contributed by atoms with van der Waals surface area (Å²) in [7, 11) is -3.70. The molecule has 0 unspecified atom stereocenters. The molecule has 0 N–H and O–H groups in total. The minimum absolute atomic E-state index is 0.205. The molecule has 0 heterocycles. The van der Waals surface area contributed by atoms with Crippen LogP contribution in [0.4, 0.5) is 5.69 Å². The number of nitrogens with zero attached hydrogens (tertiary/aromatic N) is 1. The fourth-order valence-electron chi connectivity index (χ4n) is 3.51. The Balaban J connectivity index is 1.74. The highest BCUT2D eigenvalue weighted by molar-refractivity contribution is 7.91. The van der Waals surface area contributed by atoms with Crippen molar-refractivity contribution < 1.29 is 18.0 Å². The highest BCUT2D eigenvalue weighted by Gasteiger charge is 2.29. The SMILES string of the molecule is Cc1ccc([C@@H](CS(=O)(=O)c2ccccc2)ON(C(=O)c2ccccc2)c2ccccc2)cc1. The molecule has 0 aliphatic rings. The highest BCUT2D eigenvalue weighted by Crippen LogP contribution is 2.28. The standard InChI is InChI=1S/C28H25NO4S/c1-22-17-19-23(20-18-22)27(21-34(31,32)26-15-9-4-10-16-26)33-29(25-13-7-3-8-14-25)28(30)24-11-5-2-6-12-24/h2-20,27H,21H2,1H3/t27-/m1/s1. The topological polar surface area (TPSA) is 63.7 Å². The second-order valence-electron chi connectivity index (χ2n) is 7.90. The first-order valence-corrected chi connectivity index (χ1v) is 12.5. The predicted molar refractivity (Wildman–Crippen MR) is 133 cm³/mol. The van der Waals surface area contributed by atoms with E-state index in [1.165, 1.54) is 5.06 Å². The van der Waals surface area contributed by atoms with Crippen LogP contribution in [0.2, 0.25) is 0 Å². The number of amides is 1. The van der Waals surface area contributed by atoms with E-state index in [9.17, 15) is 13.2 Å². The van der Waals surface area contributed by atoms with E-state index in [2.05, 4.69) is 0 Å². The van der Waals surface area contributed by atoms with Crippen LogP contribution >= 0.6 is 0 Å². The van der Waals surface area contributed by atoms with Gasteiger partial charge in [-0.3, -0.25) is 9.63 Å². The molecule has 0 aliphatic carbocycles. The van der Waals surface area contributed by atoms with Crippen LogP contribution in [0, 0.1) is 6.92 Å². The quantitative estimate of drug-likeness (QED) is 0.305. The van der Waals surface area contributed by atoms with Crippen molar-refractivity contribution in [3.05, 3.63) is 132 Å². The van der Waals surface area contributed by atoms with Gasteiger partial charge in [-0.1, -0.05) is 84.4 Å². The molecule has 0 spiro atoms. The van der Waals surface area contributed by atoms with Gasteiger partial charge in [0.2, 0.25) is 0 Å². The van der Waals surface area contributed by atoms with E-state index in [1.54, 1.807) is 78.9 Å². The Bertz CT molecular complexity index is 1320. The summed E-state index contributed by atoms with van der Waals surface area (Å²) < 4.78 is 26.5. The summed E-state index contributed by atoms with van der Waals surface area (Å²) >= 11 is 0. The van der Waals surface area contributed by atoms with Gasteiger partial charge >= 0.3 is 0 Å². The monoisotopic (exact) mass is 471 g/mol. The van der Waals surface area contributed by atoms with Gasteiger partial charge in [0.15, 0.2) is 9.84 Å². The molecule has 1 amide bonds. The Hall–Kier alpha value is -3.74. The molecular formula is C28H25NO4S. The molecule has 4 rings (SSSR count).